The van der Waals surface area contributed by atoms with E-state index in [4.69, 9.17) is 11.6 Å². The zero-order valence-electron chi connectivity index (χ0n) is 8.34. The Labute approximate surface area is 97.2 Å². The number of aryl methyl sites for hydroxylation is 1. The third-order valence-electron chi connectivity index (χ3n) is 2.18. The van der Waals surface area contributed by atoms with Crippen molar-refractivity contribution < 1.29 is 8.78 Å². The van der Waals surface area contributed by atoms with Gasteiger partial charge in [0.25, 0.3) is 5.56 Å². The molecule has 0 fully saturated rings. The molecule has 2 aromatic heterocycles. The first-order valence-electron chi connectivity index (χ1n) is 4.65. The number of hydrogen-bond donors (Lipinski definition) is 2. The lowest BCUT2D eigenvalue weighted by atomic mass is 10.4. The Morgan fingerprint density at radius 2 is 2.06 bits per heavy atom. The molecule has 0 amide bonds. The normalized spacial score (nSPS) is 11.5. The third-order valence-corrected chi connectivity index (χ3v) is 2.35. The molecule has 2 heterocycles. The van der Waals surface area contributed by atoms with Crippen LogP contribution >= 0.6 is 11.6 Å². The van der Waals surface area contributed by atoms with E-state index in [0.717, 1.165) is 4.57 Å². The maximum absolute atomic E-state index is 12.1. The van der Waals surface area contributed by atoms with Gasteiger partial charge in [0.05, 0.1) is 0 Å². The summed E-state index contributed by atoms with van der Waals surface area (Å²) in [6, 6.07) is 0. The predicted molar refractivity (Wildman–Crippen MR) is 56.6 cm³/mol. The van der Waals surface area contributed by atoms with Crippen molar-refractivity contribution in [3.63, 3.8) is 0 Å². The Hall–Kier alpha value is -1.70. The number of H-pyrrole nitrogens is 2. The van der Waals surface area contributed by atoms with Crippen molar-refractivity contribution in [2.75, 3.05) is 0 Å². The SMILES string of the molecule is O=c1[nH]c(=O)n(CCC(F)F)c2nc(Cl)[nH]c12. The highest BCUT2D eigenvalue weighted by atomic mass is 35.5. The first-order valence-corrected chi connectivity index (χ1v) is 5.03. The Balaban J connectivity index is 2.61. The number of hydrogen-bond acceptors (Lipinski definition) is 3. The molecule has 0 bridgehead atoms. The summed E-state index contributed by atoms with van der Waals surface area (Å²) in [7, 11) is 0. The number of aromatic amines is 2. The Morgan fingerprint density at radius 1 is 1.35 bits per heavy atom. The maximum Gasteiger partial charge on any atom is 0.330 e. The summed E-state index contributed by atoms with van der Waals surface area (Å²) in [4.78, 5) is 31.0. The number of alkyl halides is 2. The summed E-state index contributed by atoms with van der Waals surface area (Å²) < 4.78 is 25.1. The van der Waals surface area contributed by atoms with Crippen molar-refractivity contribution in [3.8, 4) is 0 Å². The van der Waals surface area contributed by atoms with E-state index < -0.39 is 24.1 Å². The number of halogens is 3. The molecule has 0 aliphatic heterocycles. The van der Waals surface area contributed by atoms with Gasteiger partial charge in [-0.15, -0.1) is 0 Å². The largest absolute Gasteiger partial charge is 0.330 e. The standard InChI is InChI=1S/C8H7ClF2N4O2/c9-7-12-4-5(13-7)15(2-1-3(10)11)8(17)14-6(4)16/h3H,1-2H2,(H,12,13)(H,14,16,17). The summed E-state index contributed by atoms with van der Waals surface area (Å²) in [5, 5.41) is -0.0816. The van der Waals surface area contributed by atoms with Crippen LogP contribution in [0.1, 0.15) is 6.42 Å². The van der Waals surface area contributed by atoms with E-state index in [2.05, 4.69) is 9.97 Å². The number of imidazole rings is 1. The highest BCUT2D eigenvalue weighted by molar-refractivity contribution is 6.28. The molecule has 17 heavy (non-hydrogen) atoms. The van der Waals surface area contributed by atoms with Crippen LogP contribution in [0.3, 0.4) is 0 Å². The summed E-state index contributed by atoms with van der Waals surface area (Å²) in [5.74, 6) is 0. The maximum atomic E-state index is 12.1. The van der Waals surface area contributed by atoms with Crippen LogP contribution < -0.4 is 11.2 Å². The van der Waals surface area contributed by atoms with E-state index in [-0.39, 0.29) is 23.0 Å². The van der Waals surface area contributed by atoms with Gasteiger partial charge in [0.15, 0.2) is 11.2 Å². The molecule has 0 unspecified atom stereocenters. The minimum Gasteiger partial charge on any atom is -0.323 e. The molecule has 0 spiro atoms. The first-order chi connectivity index (χ1) is 7.99. The lowest BCUT2D eigenvalue weighted by Gasteiger charge is -2.04. The molecule has 0 atom stereocenters. The van der Waals surface area contributed by atoms with Gasteiger partial charge < -0.3 is 4.98 Å². The third kappa shape index (κ3) is 2.21. The van der Waals surface area contributed by atoms with Crippen LogP contribution in [-0.2, 0) is 6.54 Å². The van der Waals surface area contributed by atoms with Crippen LogP contribution in [-0.4, -0.2) is 25.9 Å². The number of rotatable bonds is 3. The van der Waals surface area contributed by atoms with Crippen molar-refractivity contribution in [2.24, 2.45) is 0 Å². The van der Waals surface area contributed by atoms with E-state index in [1.807, 2.05) is 4.98 Å². The summed E-state index contributed by atoms with van der Waals surface area (Å²) in [5.41, 5.74) is -1.50. The van der Waals surface area contributed by atoms with Crippen LogP contribution in [0.2, 0.25) is 5.28 Å². The first kappa shape index (κ1) is 11.8. The molecule has 0 aromatic carbocycles. The quantitative estimate of drug-likeness (QED) is 0.801. The van der Waals surface area contributed by atoms with Crippen molar-refractivity contribution in [1.82, 2.24) is 19.5 Å². The molecule has 0 saturated heterocycles. The van der Waals surface area contributed by atoms with Crippen LogP contribution in [0, 0.1) is 0 Å². The molecule has 0 aliphatic carbocycles. The number of nitrogens with zero attached hydrogens (tertiary/aromatic N) is 2. The Morgan fingerprint density at radius 3 is 2.71 bits per heavy atom. The highest BCUT2D eigenvalue weighted by Crippen LogP contribution is 2.10. The lowest BCUT2D eigenvalue weighted by Crippen LogP contribution is -2.30. The second-order valence-electron chi connectivity index (χ2n) is 3.32. The molecule has 6 nitrogen and oxygen atoms in total. The molecular formula is C8H7ClF2N4O2. The van der Waals surface area contributed by atoms with Gasteiger partial charge >= 0.3 is 5.69 Å². The van der Waals surface area contributed by atoms with Crippen molar-refractivity contribution in [1.29, 1.82) is 0 Å². The van der Waals surface area contributed by atoms with Gasteiger partial charge in [-0.25, -0.2) is 13.6 Å². The minimum atomic E-state index is -2.54. The van der Waals surface area contributed by atoms with Crippen LogP contribution in [0.4, 0.5) is 8.78 Å². The van der Waals surface area contributed by atoms with Crippen LogP contribution in [0.15, 0.2) is 9.59 Å². The van der Waals surface area contributed by atoms with Crippen molar-refractivity contribution in [3.05, 3.63) is 26.1 Å². The van der Waals surface area contributed by atoms with E-state index in [0.29, 0.717) is 0 Å². The van der Waals surface area contributed by atoms with Gasteiger partial charge in [-0.05, 0) is 11.6 Å². The van der Waals surface area contributed by atoms with E-state index in [1.54, 1.807) is 0 Å². The molecule has 2 aromatic rings. The fourth-order valence-corrected chi connectivity index (χ4v) is 1.62. The molecule has 9 heteroatoms. The Kier molecular flexibility index (Phi) is 2.97. The van der Waals surface area contributed by atoms with Crippen molar-refractivity contribution >= 4 is 22.8 Å². The fraction of sp³-hybridized carbons (Fsp3) is 0.375. The van der Waals surface area contributed by atoms with Gasteiger partial charge in [-0.2, -0.15) is 4.98 Å². The monoisotopic (exact) mass is 264 g/mol. The van der Waals surface area contributed by atoms with Gasteiger partial charge in [-0.3, -0.25) is 14.3 Å². The number of nitrogens with one attached hydrogen (secondary N) is 2. The number of fused-ring (bicyclic) bond motifs is 1. The average molecular weight is 265 g/mol. The zero-order valence-corrected chi connectivity index (χ0v) is 9.09. The minimum absolute atomic E-state index is 0.0103. The van der Waals surface area contributed by atoms with Gasteiger partial charge in [0.2, 0.25) is 11.7 Å². The number of aromatic nitrogens is 4. The van der Waals surface area contributed by atoms with E-state index >= 15 is 0 Å². The molecule has 0 radical (unpaired) electrons. The second-order valence-corrected chi connectivity index (χ2v) is 3.67. The summed E-state index contributed by atoms with van der Waals surface area (Å²) >= 11 is 5.56. The Bertz CT molecular complexity index is 660. The predicted octanol–water partition coefficient (Wildman–Crippen LogP) is 0.721. The second kappa shape index (κ2) is 4.28. The van der Waals surface area contributed by atoms with Crippen LogP contribution in [0.25, 0.3) is 11.2 Å². The van der Waals surface area contributed by atoms with Crippen molar-refractivity contribution in [2.45, 2.75) is 19.4 Å². The zero-order chi connectivity index (χ0) is 12.6. The van der Waals surface area contributed by atoms with Gasteiger partial charge in [0, 0.05) is 13.0 Å². The van der Waals surface area contributed by atoms with Crippen LogP contribution in [0.5, 0.6) is 0 Å². The molecule has 0 aliphatic rings. The van der Waals surface area contributed by atoms with E-state index in [1.165, 1.54) is 0 Å². The lowest BCUT2D eigenvalue weighted by molar-refractivity contribution is 0.131. The average Bonchev–Trinajstić information content (AvgIpc) is 2.59. The van der Waals surface area contributed by atoms with E-state index in [9.17, 15) is 18.4 Å². The van der Waals surface area contributed by atoms with Gasteiger partial charge in [0.1, 0.15) is 0 Å². The fourth-order valence-electron chi connectivity index (χ4n) is 1.45. The highest BCUT2D eigenvalue weighted by Gasteiger charge is 2.13. The molecule has 92 valence electrons. The molecule has 2 N–H and O–H groups in total. The summed E-state index contributed by atoms with van der Waals surface area (Å²) in [6.45, 7) is -0.245. The smallest absolute Gasteiger partial charge is 0.323 e. The molecule has 2 rings (SSSR count). The van der Waals surface area contributed by atoms with Gasteiger partial charge in [-0.1, -0.05) is 0 Å². The topological polar surface area (TPSA) is 83.5 Å². The molecule has 0 saturated carbocycles. The molecular weight excluding hydrogens is 258 g/mol. The summed E-state index contributed by atoms with van der Waals surface area (Å²) in [6.07, 6.45) is -3.05.